The maximum Gasteiger partial charge on any atom is 0.146 e. The van der Waals surface area contributed by atoms with Gasteiger partial charge in [0.05, 0.1) is 11.5 Å². The van der Waals surface area contributed by atoms with E-state index in [2.05, 4.69) is 28.4 Å². The predicted molar refractivity (Wildman–Crippen MR) is 74.9 cm³/mol. The van der Waals surface area contributed by atoms with Gasteiger partial charge in [-0.2, -0.15) is 0 Å². The number of nitrogen functional groups attached to an aromatic ring is 1. The number of rotatable bonds is 1. The molecule has 0 spiro atoms. The molecule has 0 bridgehead atoms. The first-order valence-corrected chi connectivity index (χ1v) is 6.85. The number of aliphatic hydroxyl groups is 1. The Labute approximate surface area is 112 Å². The SMILES string of the molecule is Cc1c(C)n(C2CCC(O)CC2)c2ncnc(N)c12. The third kappa shape index (κ3) is 1.89. The van der Waals surface area contributed by atoms with Crippen molar-refractivity contribution >= 4 is 16.9 Å². The third-order valence-corrected chi connectivity index (χ3v) is 4.40. The second kappa shape index (κ2) is 4.49. The minimum atomic E-state index is -0.140. The maximum absolute atomic E-state index is 9.65. The molecule has 1 saturated carbocycles. The third-order valence-electron chi connectivity index (χ3n) is 4.40. The summed E-state index contributed by atoms with van der Waals surface area (Å²) in [4.78, 5) is 8.52. The van der Waals surface area contributed by atoms with Gasteiger partial charge >= 0.3 is 0 Å². The van der Waals surface area contributed by atoms with Crippen molar-refractivity contribution in [2.24, 2.45) is 0 Å². The number of nitrogens with zero attached hydrogens (tertiary/aromatic N) is 3. The predicted octanol–water partition coefficient (Wildman–Crippen LogP) is 2.11. The Morgan fingerprint density at radius 2 is 1.89 bits per heavy atom. The molecular formula is C14H20N4O. The summed E-state index contributed by atoms with van der Waals surface area (Å²) in [6.45, 7) is 4.19. The number of anilines is 1. The fourth-order valence-corrected chi connectivity index (χ4v) is 3.22. The zero-order chi connectivity index (χ0) is 13.6. The van der Waals surface area contributed by atoms with Crippen LogP contribution in [0, 0.1) is 13.8 Å². The zero-order valence-electron chi connectivity index (χ0n) is 11.4. The Hall–Kier alpha value is -1.62. The smallest absolute Gasteiger partial charge is 0.146 e. The highest BCUT2D eigenvalue weighted by atomic mass is 16.3. The van der Waals surface area contributed by atoms with Gasteiger partial charge in [0.15, 0.2) is 0 Å². The van der Waals surface area contributed by atoms with E-state index in [1.165, 1.54) is 17.6 Å². The number of fused-ring (bicyclic) bond motifs is 1. The van der Waals surface area contributed by atoms with Gasteiger partial charge < -0.3 is 15.4 Å². The van der Waals surface area contributed by atoms with Gasteiger partial charge in [-0.05, 0) is 45.1 Å². The molecule has 0 saturated heterocycles. The molecule has 3 rings (SSSR count). The van der Waals surface area contributed by atoms with Gasteiger partial charge in [0.1, 0.15) is 17.8 Å². The van der Waals surface area contributed by atoms with Crippen LogP contribution >= 0.6 is 0 Å². The quantitative estimate of drug-likeness (QED) is 0.823. The lowest BCUT2D eigenvalue weighted by atomic mass is 9.93. The van der Waals surface area contributed by atoms with E-state index in [-0.39, 0.29) is 6.10 Å². The van der Waals surface area contributed by atoms with E-state index in [1.54, 1.807) is 0 Å². The molecule has 0 aromatic carbocycles. The van der Waals surface area contributed by atoms with Crippen molar-refractivity contribution in [2.45, 2.75) is 51.7 Å². The van der Waals surface area contributed by atoms with Crippen molar-refractivity contribution in [3.8, 4) is 0 Å². The van der Waals surface area contributed by atoms with Gasteiger partial charge in [0.2, 0.25) is 0 Å². The summed E-state index contributed by atoms with van der Waals surface area (Å²) in [6.07, 6.45) is 5.11. The Kier molecular flexibility index (Phi) is 2.93. The van der Waals surface area contributed by atoms with Gasteiger partial charge in [0.25, 0.3) is 0 Å². The molecule has 0 aliphatic heterocycles. The molecule has 5 heteroatoms. The van der Waals surface area contributed by atoms with Crippen molar-refractivity contribution in [3.05, 3.63) is 17.6 Å². The van der Waals surface area contributed by atoms with E-state index >= 15 is 0 Å². The molecule has 2 aromatic rings. The fraction of sp³-hybridized carbons (Fsp3) is 0.571. The van der Waals surface area contributed by atoms with Crippen molar-refractivity contribution in [3.63, 3.8) is 0 Å². The largest absolute Gasteiger partial charge is 0.393 e. The summed E-state index contributed by atoms with van der Waals surface area (Å²) in [5.74, 6) is 0.556. The summed E-state index contributed by atoms with van der Waals surface area (Å²) >= 11 is 0. The van der Waals surface area contributed by atoms with Crippen molar-refractivity contribution < 1.29 is 5.11 Å². The summed E-state index contributed by atoms with van der Waals surface area (Å²) in [7, 11) is 0. The normalized spacial score (nSPS) is 23.9. The topological polar surface area (TPSA) is 77.0 Å². The molecule has 1 aliphatic rings. The van der Waals surface area contributed by atoms with E-state index in [4.69, 9.17) is 5.73 Å². The second-order valence-electron chi connectivity index (χ2n) is 5.50. The second-order valence-corrected chi connectivity index (χ2v) is 5.50. The first-order valence-electron chi connectivity index (χ1n) is 6.85. The molecule has 19 heavy (non-hydrogen) atoms. The van der Waals surface area contributed by atoms with Crippen LogP contribution in [0.15, 0.2) is 6.33 Å². The highest BCUT2D eigenvalue weighted by Crippen LogP contribution is 2.36. The number of hydrogen-bond acceptors (Lipinski definition) is 4. The van der Waals surface area contributed by atoms with Gasteiger partial charge in [0, 0.05) is 11.7 Å². The summed E-state index contributed by atoms with van der Waals surface area (Å²) in [5, 5.41) is 10.6. The molecule has 1 aliphatic carbocycles. The van der Waals surface area contributed by atoms with Gasteiger partial charge in [-0.25, -0.2) is 9.97 Å². The van der Waals surface area contributed by atoms with Crippen LogP contribution in [-0.2, 0) is 0 Å². The van der Waals surface area contributed by atoms with Crippen molar-refractivity contribution in [1.82, 2.24) is 14.5 Å². The number of nitrogens with two attached hydrogens (primary N) is 1. The number of aryl methyl sites for hydroxylation is 1. The standard InChI is InChI=1S/C14H20N4O/c1-8-9(2)18(10-3-5-11(19)6-4-10)14-12(8)13(15)16-7-17-14/h7,10-11,19H,3-6H2,1-2H3,(H2,15,16,17). The van der Waals surface area contributed by atoms with E-state index in [0.717, 1.165) is 36.7 Å². The molecular weight excluding hydrogens is 240 g/mol. The molecule has 0 amide bonds. The fourth-order valence-electron chi connectivity index (χ4n) is 3.22. The monoisotopic (exact) mass is 260 g/mol. The molecule has 3 N–H and O–H groups in total. The molecule has 2 aromatic heterocycles. The Balaban J connectivity index is 2.13. The minimum Gasteiger partial charge on any atom is -0.393 e. The summed E-state index contributed by atoms with van der Waals surface area (Å²) in [5.41, 5.74) is 9.30. The average Bonchev–Trinajstić information content (AvgIpc) is 2.65. The Morgan fingerprint density at radius 3 is 2.58 bits per heavy atom. The van der Waals surface area contributed by atoms with Crippen LogP contribution in [0.4, 0.5) is 5.82 Å². The van der Waals surface area contributed by atoms with Gasteiger partial charge in [-0.15, -0.1) is 0 Å². The molecule has 0 unspecified atom stereocenters. The minimum absolute atomic E-state index is 0.140. The van der Waals surface area contributed by atoms with Crippen LogP contribution in [0.25, 0.3) is 11.0 Å². The van der Waals surface area contributed by atoms with Crippen LogP contribution in [0.1, 0.15) is 43.0 Å². The Bertz CT molecular complexity index is 611. The van der Waals surface area contributed by atoms with Crippen LogP contribution < -0.4 is 5.73 Å². The lowest BCUT2D eigenvalue weighted by Gasteiger charge is -2.28. The van der Waals surface area contributed by atoms with E-state index < -0.39 is 0 Å². The molecule has 1 fully saturated rings. The first kappa shape index (κ1) is 12.4. The zero-order valence-corrected chi connectivity index (χ0v) is 11.4. The summed E-state index contributed by atoms with van der Waals surface area (Å²) in [6, 6.07) is 0.411. The van der Waals surface area contributed by atoms with Crippen LogP contribution in [0.2, 0.25) is 0 Å². The lowest BCUT2D eigenvalue weighted by molar-refractivity contribution is 0.111. The first-order chi connectivity index (χ1) is 9.09. The van der Waals surface area contributed by atoms with E-state index in [0.29, 0.717) is 11.9 Å². The van der Waals surface area contributed by atoms with E-state index in [9.17, 15) is 5.11 Å². The number of aliphatic hydroxyl groups excluding tert-OH is 1. The van der Waals surface area contributed by atoms with Crippen LogP contribution in [-0.4, -0.2) is 25.7 Å². The number of hydrogen-bond donors (Lipinski definition) is 2. The molecule has 0 radical (unpaired) electrons. The molecule has 0 atom stereocenters. The van der Waals surface area contributed by atoms with Gasteiger partial charge in [-0.1, -0.05) is 0 Å². The number of aromatic nitrogens is 3. The molecule has 2 heterocycles. The van der Waals surface area contributed by atoms with Gasteiger partial charge in [-0.3, -0.25) is 0 Å². The highest BCUT2D eigenvalue weighted by Gasteiger charge is 2.25. The van der Waals surface area contributed by atoms with E-state index in [1.807, 2.05) is 0 Å². The molecule has 5 nitrogen and oxygen atoms in total. The summed E-state index contributed by atoms with van der Waals surface area (Å²) < 4.78 is 2.29. The average molecular weight is 260 g/mol. The maximum atomic E-state index is 9.65. The van der Waals surface area contributed by atoms with Crippen LogP contribution in [0.5, 0.6) is 0 Å². The Morgan fingerprint density at radius 1 is 1.21 bits per heavy atom. The van der Waals surface area contributed by atoms with Crippen LogP contribution in [0.3, 0.4) is 0 Å². The van der Waals surface area contributed by atoms with Crippen molar-refractivity contribution in [1.29, 1.82) is 0 Å². The molecule has 102 valence electrons. The lowest BCUT2D eigenvalue weighted by Crippen LogP contribution is -2.22. The highest BCUT2D eigenvalue weighted by molar-refractivity contribution is 5.90. The van der Waals surface area contributed by atoms with Crippen molar-refractivity contribution in [2.75, 3.05) is 5.73 Å².